The normalized spacial score (nSPS) is 11.5. The summed E-state index contributed by atoms with van der Waals surface area (Å²) in [6.07, 6.45) is 3.17. The van der Waals surface area contributed by atoms with Gasteiger partial charge >= 0.3 is 5.97 Å². The highest BCUT2D eigenvalue weighted by Crippen LogP contribution is 2.31. The van der Waals surface area contributed by atoms with Gasteiger partial charge in [0.25, 0.3) is 0 Å². The van der Waals surface area contributed by atoms with Gasteiger partial charge in [0, 0.05) is 22.9 Å². The molecule has 0 aliphatic rings. The van der Waals surface area contributed by atoms with Crippen molar-refractivity contribution in [1.29, 1.82) is 0 Å². The van der Waals surface area contributed by atoms with E-state index in [-0.39, 0.29) is 11.4 Å². The van der Waals surface area contributed by atoms with E-state index in [4.69, 9.17) is 9.52 Å². The second-order valence-corrected chi connectivity index (χ2v) is 6.45. The molecule has 0 amide bonds. The van der Waals surface area contributed by atoms with Gasteiger partial charge in [-0.25, -0.2) is 9.18 Å². The lowest BCUT2D eigenvalue weighted by Crippen LogP contribution is -1.97. The number of rotatable bonds is 5. The molecule has 3 aromatic rings. The van der Waals surface area contributed by atoms with Gasteiger partial charge in [0.05, 0.1) is 6.26 Å². The summed E-state index contributed by atoms with van der Waals surface area (Å²) in [7, 11) is 0. The van der Waals surface area contributed by atoms with Crippen LogP contribution in [0.5, 0.6) is 0 Å². The van der Waals surface area contributed by atoms with Crippen molar-refractivity contribution in [2.75, 3.05) is 5.32 Å². The Balaban J connectivity index is 1.95. The fourth-order valence-corrected chi connectivity index (χ4v) is 2.88. The molecule has 0 unspecified atom stereocenters. The minimum absolute atomic E-state index is 0.254. The maximum atomic E-state index is 14.7. The molecule has 4 nitrogen and oxygen atoms in total. The Bertz CT molecular complexity index is 1020. The first-order valence-corrected chi connectivity index (χ1v) is 8.48. The molecule has 0 spiro atoms. The molecule has 0 aliphatic carbocycles. The van der Waals surface area contributed by atoms with E-state index in [2.05, 4.69) is 5.32 Å². The highest BCUT2D eigenvalue weighted by atomic mass is 19.1. The number of furan rings is 1. The van der Waals surface area contributed by atoms with Gasteiger partial charge in [-0.1, -0.05) is 12.1 Å². The van der Waals surface area contributed by atoms with Crippen molar-refractivity contribution in [3.05, 3.63) is 76.8 Å². The molecule has 0 radical (unpaired) electrons. The van der Waals surface area contributed by atoms with Gasteiger partial charge in [-0.15, -0.1) is 0 Å². The van der Waals surface area contributed by atoms with Crippen LogP contribution in [0.4, 0.5) is 16.0 Å². The lowest BCUT2D eigenvalue weighted by atomic mass is 9.93. The van der Waals surface area contributed by atoms with Crippen LogP contribution in [0.1, 0.15) is 23.6 Å². The highest BCUT2D eigenvalue weighted by molar-refractivity contribution is 5.92. The van der Waals surface area contributed by atoms with Gasteiger partial charge in [0.15, 0.2) is 5.88 Å². The molecule has 0 saturated carbocycles. The van der Waals surface area contributed by atoms with Gasteiger partial charge in [-0.2, -0.15) is 0 Å². The Kier molecular flexibility index (Phi) is 5.12. The predicted octanol–water partition coefficient (Wildman–Crippen LogP) is 5.93. The van der Waals surface area contributed by atoms with Crippen molar-refractivity contribution in [2.24, 2.45) is 0 Å². The van der Waals surface area contributed by atoms with Crippen molar-refractivity contribution in [2.45, 2.75) is 20.8 Å². The summed E-state index contributed by atoms with van der Waals surface area (Å²) in [4.78, 5) is 11.0. The number of carboxylic acid groups (broad SMARTS) is 1. The van der Waals surface area contributed by atoms with Crippen LogP contribution in [0.2, 0.25) is 0 Å². The minimum atomic E-state index is -0.957. The van der Waals surface area contributed by atoms with E-state index >= 15 is 0 Å². The summed E-state index contributed by atoms with van der Waals surface area (Å²) in [5.74, 6) is -0.764. The molecule has 2 N–H and O–H groups in total. The number of carbonyl (C=O) groups is 1. The molecule has 0 saturated heterocycles. The van der Waals surface area contributed by atoms with E-state index in [1.54, 1.807) is 43.5 Å². The molecule has 1 aromatic heterocycles. The Morgan fingerprint density at radius 3 is 2.52 bits per heavy atom. The van der Waals surface area contributed by atoms with Crippen LogP contribution in [0.25, 0.3) is 17.2 Å². The number of aliphatic carboxylic acids is 1. The van der Waals surface area contributed by atoms with Gasteiger partial charge in [0.1, 0.15) is 5.82 Å². The van der Waals surface area contributed by atoms with Gasteiger partial charge in [-0.3, -0.25) is 0 Å². The van der Waals surface area contributed by atoms with Crippen LogP contribution < -0.4 is 5.32 Å². The molecular weight excluding hydrogens is 345 g/mol. The number of hydrogen-bond donors (Lipinski definition) is 2. The molecule has 2 aromatic carbocycles. The highest BCUT2D eigenvalue weighted by Gasteiger charge is 2.12. The quantitative estimate of drug-likeness (QED) is 0.550. The number of benzene rings is 2. The Morgan fingerprint density at radius 1 is 1.11 bits per heavy atom. The zero-order chi connectivity index (χ0) is 19.6. The third kappa shape index (κ3) is 4.08. The second-order valence-electron chi connectivity index (χ2n) is 6.45. The van der Waals surface area contributed by atoms with Crippen molar-refractivity contribution < 1.29 is 18.7 Å². The smallest absolute Gasteiger partial charge is 0.331 e. The first kappa shape index (κ1) is 18.5. The molecular formula is C22H20FNO3. The Labute approximate surface area is 157 Å². The summed E-state index contributed by atoms with van der Waals surface area (Å²) >= 11 is 0. The summed E-state index contributed by atoms with van der Waals surface area (Å²) in [5, 5.41) is 12.1. The van der Waals surface area contributed by atoms with E-state index in [1.165, 1.54) is 6.07 Å². The SMILES string of the molecule is C/C(=C\c1cc(C)c(-c2ccc(Nc3ccco3)cc2F)cc1C)C(=O)O. The number of aryl methyl sites for hydroxylation is 2. The molecule has 0 atom stereocenters. The minimum Gasteiger partial charge on any atom is -0.478 e. The monoisotopic (exact) mass is 365 g/mol. The summed E-state index contributed by atoms with van der Waals surface area (Å²) < 4.78 is 19.9. The van der Waals surface area contributed by atoms with Crippen LogP contribution in [0, 0.1) is 19.7 Å². The molecule has 0 bridgehead atoms. The van der Waals surface area contributed by atoms with E-state index in [0.29, 0.717) is 17.1 Å². The zero-order valence-electron chi connectivity index (χ0n) is 15.3. The number of carboxylic acids is 1. The van der Waals surface area contributed by atoms with E-state index < -0.39 is 5.97 Å². The average Bonchev–Trinajstić information content (AvgIpc) is 3.11. The van der Waals surface area contributed by atoms with Crippen molar-refractivity contribution in [3.63, 3.8) is 0 Å². The molecule has 1 heterocycles. The zero-order valence-corrected chi connectivity index (χ0v) is 15.3. The molecule has 27 heavy (non-hydrogen) atoms. The van der Waals surface area contributed by atoms with Crippen LogP contribution in [0.15, 0.2) is 58.7 Å². The number of hydrogen-bond acceptors (Lipinski definition) is 3. The van der Waals surface area contributed by atoms with Crippen molar-refractivity contribution >= 4 is 23.6 Å². The van der Waals surface area contributed by atoms with Crippen molar-refractivity contribution in [1.82, 2.24) is 0 Å². The lowest BCUT2D eigenvalue weighted by molar-refractivity contribution is -0.132. The lowest BCUT2D eigenvalue weighted by Gasteiger charge is -2.13. The van der Waals surface area contributed by atoms with E-state index in [0.717, 1.165) is 22.3 Å². The fraction of sp³-hybridized carbons (Fsp3) is 0.136. The fourth-order valence-electron chi connectivity index (χ4n) is 2.88. The molecule has 3 rings (SSSR count). The third-order valence-electron chi connectivity index (χ3n) is 4.37. The van der Waals surface area contributed by atoms with Gasteiger partial charge < -0.3 is 14.8 Å². The summed E-state index contributed by atoms with van der Waals surface area (Å²) in [6.45, 7) is 5.32. The topological polar surface area (TPSA) is 62.5 Å². The van der Waals surface area contributed by atoms with Crippen LogP contribution >= 0.6 is 0 Å². The standard InChI is InChI=1S/C22H20FNO3/c1-13-11-19(14(2)9-16(13)10-15(3)22(25)26)18-7-6-17(12-20(18)23)24-21-5-4-8-27-21/h4-12,24H,1-3H3,(H,25,26)/b15-10+. The largest absolute Gasteiger partial charge is 0.478 e. The number of anilines is 2. The average molecular weight is 365 g/mol. The first-order chi connectivity index (χ1) is 12.8. The Morgan fingerprint density at radius 2 is 1.89 bits per heavy atom. The third-order valence-corrected chi connectivity index (χ3v) is 4.37. The maximum Gasteiger partial charge on any atom is 0.331 e. The molecule has 138 valence electrons. The number of nitrogens with one attached hydrogen (secondary N) is 1. The second kappa shape index (κ2) is 7.50. The molecule has 0 fully saturated rings. The maximum absolute atomic E-state index is 14.7. The summed E-state index contributed by atoms with van der Waals surface area (Å²) in [6, 6.07) is 12.2. The first-order valence-electron chi connectivity index (χ1n) is 8.48. The van der Waals surface area contributed by atoms with E-state index in [1.807, 2.05) is 26.0 Å². The van der Waals surface area contributed by atoms with E-state index in [9.17, 15) is 9.18 Å². The van der Waals surface area contributed by atoms with Gasteiger partial charge in [-0.05, 0) is 73.4 Å². The van der Waals surface area contributed by atoms with Crippen LogP contribution in [0.3, 0.4) is 0 Å². The predicted molar refractivity (Wildman–Crippen MR) is 105 cm³/mol. The van der Waals surface area contributed by atoms with Gasteiger partial charge in [0.2, 0.25) is 0 Å². The molecule has 0 aliphatic heterocycles. The van der Waals surface area contributed by atoms with Crippen LogP contribution in [-0.2, 0) is 4.79 Å². The Hall–Kier alpha value is -3.34. The molecule has 5 heteroatoms. The van der Waals surface area contributed by atoms with Crippen molar-refractivity contribution in [3.8, 4) is 11.1 Å². The number of halogens is 1. The summed E-state index contributed by atoms with van der Waals surface area (Å²) in [5.41, 5.74) is 4.68. The van der Waals surface area contributed by atoms with Crippen LogP contribution in [-0.4, -0.2) is 11.1 Å².